The van der Waals surface area contributed by atoms with Gasteiger partial charge in [-0.1, -0.05) is 171 Å². The highest BCUT2D eigenvalue weighted by molar-refractivity contribution is 7.00. The van der Waals surface area contributed by atoms with Crippen molar-refractivity contribution in [2.75, 3.05) is 9.80 Å². The number of fused-ring (bicyclic) bond motifs is 13. The molecule has 4 aliphatic heterocycles. The molecule has 4 atom stereocenters. The van der Waals surface area contributed by atoms with Gasteiger partial charge in [-0.2, -0.15) is 0 Å². The maximum absolute atomic E-state index is 2.96. The summed E-state index contributed by atoms with van der Waals surface area (Å²) < 4.78 is 2.74. The second-order valence-electron chi connectivity index (χ2n) is 24.9. The van der Waals surface area contributed by atoms with E-state index >= 15 is 0 Å². The van der Waals surface area contributed by atoms with Crippen molar-refractivity contribution in [1.29, 1.82) is 0 Å². The van der Waals surface area contributed by atoms with E-state index in [1.165, 1.54) is 138 Å². The Morgan fingerprint density at radius 2 is 1.17 bits per heavy atom. The van der Waals surface area contributed by atoms with Gasteiger partial charge < -0.3 is 14.4 Å². The summed E-state index contributed by atoms with van der Waals surface area (Å²) in [5, 5.41) is 2.76. The first kappa shape index (κ1) is 41.9. The van der Waals surface area contributed by atoms with Crippen LogP contribution in [-0.4, -0.2) is 22.4 Å². The largest absolute Gasteiger partial charge is 0.335 e. The van der Waals surface area contributed by atoms with Crippen molar-refractivity contribution in [3.8, 4) is 16.8 Å². The standard InChI is InChI=1S/C65H66BN3/c1-60(2,3)44-28-30-53-47(36-44)48-37-45(61(4,5)6)38-52-58(48)67(53)55-39-46(68-54-29-27-42(41-21-12-10-13-22-41)35-50(54)62(7)31-16-17-32-63(62,68)8)40-56-57(55)66(52)51-26-20-25-49-59(51)69(56)64(9)33-18-19-34-65(49,64)43-23-14-11-15-24-43/h10-15,20-30,35-40H,16-19,31-34H2,1-9H3. The summed E-state index contributed by atoms with van der Waals surface area (Å²) in [5.74, 6) is 0. The molecule has 4 unspecified atom stereocenters. The highest BCUT2D eigenvalue weighted by Crippen LogP contribution is 2.66. The molecular weight excluding hydrogens is 834 g/mol. The molecule has 0 radical (unpaired) electrons. The summed E-state index contributed by atoms with van der Waals surface area (Å²) in [4.78, 5) is 5.83. The average molecular weight is 900 g/mol. The number of rotatable bonds is 3. The van der Waals surface area contributed by atoms with E-state index in [2.05, 4.69) is 216 Å². The van der Waals surface area contributed by atoms with Gasteiger partial charge in [-0.3, -0.25) is 0 Å². The van der Waals surface area contributed by atoms with E-state index in [0.717, 1.165) is 19.3 Å². The van der Waals surface area contributed by atoms with Crippen molar-refractivity contribution in [3.05, 3.63) is 167 Å². The Morgan fingerprint density at radius 3 is 1.93 bits per heavy atom. The van der Waals surface area contributed by atoms with E-state index in [9.17, 15) is 0 Å². The molecule has 4 heteroatoms. The van der Waals surface area contributed by atoms with Crippen LogP contribution >= 0.6 is 0 Å². The Morgan fingerprint density at radius 1 is 0.493 bits per heavy atom. The van der Waals surface area contributed by atoms with E-state index in [0.29, 0.717) is 0 Å². The Hall–Kier alpha value is -6.00. The van der Waals surface area contributed by atoms with Gasteiger partial charge in [0.05, 0.1) is 16.6 Å². The molecule has 0 bridgehead atoms. The number of hydrogen-bond donors (Lipinski definition) is 0. The van der Waals surface area contributed by atoms with E-state index in [1.54, 1.807) is 0 Å². The Bertz CT molecular complexity index is 3500. The predicted octanol–water partition coefficient (Wildman–Crippen LogP) is 14.7. The van der Waals surface area contributed by atoms with Crippen molar-refractivity contribution >= 4 is 67.7 Å². The molecule has 344 valence electrons. The van der Waals surface area contributed by atoms with Crippen LogP contribution in [-0.2, 0) is 21.7 Å². The van der Waals surface area contributed by atoms with Crippen LogP contribution in [0.25, 0.3) is 38.6 Å². The summed E-state index contributed by atoms with van der Waals surface area (Å²) >= 11 is 0. The lowest BCUT2D eigenvalue weighted by Gasteiger charge is -2.54. The minimum atomic E-state index is -0.178. The van der Waals surface area contributed by atoms with Crippen LogP contribution < -0.4 is 26.2 Å². The second kappa shape index (κ2) is 13.7. The third-order valence-corrected chi connectivity index (χ3v) is 19.5. The average Bonchev–Trinajstić information content (AvgIpc) is 3.88. The van der Waals surface area contributed by atoms with Crippen LogP contribution in [0.3, 0.4) is 0 Å². The van der Waals surface area contributed by atoms with Crippen LogP contribution in [0.15, 0.2) is 140 Å². The number of benzene rings is 7. The van der Waals surface area contributed by atoms with Crippen molar-refractivity contribution < 1.29 is 0 Å². The molecule has 2 aliphatic carbocycles. The Kier molecular flexibility index (Phi) is 8.30. The van der Waals surface area contributed by atoms with Gasteiger partial charge in [-0.05, 0) is 148 Å². The molecule has 0 amide bonds. The van der Waals surface area contributed by atoms with Gasteiger partial charge in [0.25, 0.3) is 6.71 Å². The fourth-order valence-electron chi connectivity index (χ4n) is 15.8. The summed E-state index contributed by atoms with van der Waals surface area (Å²) in [7, 11) is 0. The van der Waals surface area contributed by atoms with Crippen molar-refractivity contribution in [2.24, 2.45) is 0 Å². The molecule has 0 saturated heterocycles. The van der Waals surface area contributed by atoms with Crippen molar-refractivity contribution in [2.45, 2.75) is 146 Å². The molecule has 69 heavy (non-hydrogen) atoms. The zero-order chi connectivity index (χ0) is 47.2. The van der Waals surface area contributed by atoms with Gasteiger partial charge in [-0.25, -0.2) is 0 Å². The predicted molar refractivity (Wildman–Crippen MR) is 294 cm³/mol. The highest BCUT2D eigenvalue weighted by Gasteiger charge is 2.64. The minimum Gasteiger partial charge on any atom is -0.335 e. The summed E-state index contributed by atoms with van der Waals surface area (Å²) in [6.45, 7) is 22.3. The molecule has 14 rings (SSSR count). The Labute approximate surface area is 410 Å². The molecule has 6 aliphatic rings. The zero-order valence-corrected chi connectivity index (χ0v) is 42.4. The molecular formula is C65H66BN3. The number of para-hydroxylation sites is 1. The molecule has 2 fully saturated rings. The monoisotopic (exact) mass is 900 g/mol. The molecule has 1 aromatic heterocycles. The fourth-order valence-corrected chi connectivity index (χ4v) is 15.8. The van der Waals surface area contributed by atoms with Crippen LogP contribution in [0.4, 0.5) is 22.7 Å². The lowest BCUT2D eigenvalue weighted by Crippen LogP contribution is -2.64. The lowest BCUT2D eigenvalue weighted by atomic mass is 9.33. The van der Waals surface area contributed by atoms with E-state index < -0.39 is 0 Å². The third kappa shape index (κ3) is 5.16. The summed E-state index contributed by atoms with van der Waals surface area (Å²) in [6, 6.07) is 55.7. The Balaban J connectivity index is 1.13. The molecule has 3 nitrogen and oxygen atoms in total. The fraction of sp³-hybridized carbons (Fsp3) is 0.354. The van der Waals surface area contributed by atoms with E-state index in [1.807, 2.05) is 0 Å². The summed E-state index contributed by atoms with van der Waals surface area (Å²) in [5.41, 5.74) is 23.5. The third-order valence-electron chi connectivity index (χ3n) is 19.5. The van der Waals surface area contributed by atoms with Gasteiger partial charge in [0.15, 0.2) is 0 Å². The maximum Gasteiger partial charge on any atom is 0.252 e. The van der Waals surface area contributed by atoms with Crippen LogP contribution in [0.1, 0.15) is 141 Å². The van der Waals surface area contributed by atoms with Crippen molar-refractivity contribution in [3.63, 3.8) is 0 Å². The number of aromatic nitrogens is 1. The maximum atomic E-state index is 2.96. The number of nitrogens with zero attached hydrogens (tertiary/aromatic N) is 3. The number of anilines is 4. The number of hydrogen-bond acceptors (Lipinski definition) is 2. The van der Waals surface area contributed by atoms with Gasteiger partial charge in [0.2, 0.25) is 0 Å². The SMILES string of the molecule is CC(C)(C)c1ccc2c(c1)c1cc(C(C)(C)C)cc3c1n2-c1cc(N2c4ccc(-c5ccccc5)cc4C4(C)CCCCC24C)cc2c1B3c1cccc3c1N2C1(C)CCCCC31c1ccccc1. The first-order valence-electron chi connectivity index (χ1n) is 26.4. The van der Waals surface area contributed by atoms with Crippen molar-refractivity contribution in [1.82, 2.24) is 4.57 Å². The first-order valence-corrected chi connectivity index (χ1v) is 26.4. The second-order valence-corrected chi connectivity index (χ2v) is 24.9. The first-order chi connectivity index (χ1) is 33.1. The van der Waals surface area contributed by atoms with E-state index in [4.69, 9.17) is 0 Å². The van der Waals surface area contributed by atoms with Crippen LogP contribution in [0.2, 0.25) is 0 Å². The molecule has 0 N–H and O–H groups in total. The van der Waals surface area contributed by atoms with Gasteiger partial charge >= 0.3 is 0 Å². The van der Waals surface area contributed by atoms with Gasteiger partial charge in [-0.15, -0.1) is 0 Å². The molecule has 2 saturated carbocycles. The molecule has 7 aromatic carbocycles. The molecule has 0 spiro atoms. The van der Waals surface area contributed by atoms with E-state index in [-0.39, 0.29) is 39.5 Å². The smallest absolute Gasteiger partial charge is 0.252 e. The van der Waals surface area contributed by atoms with Crippen LogP contribution in [0.5, 0.6) is 0 Å². The lowest BCUT2D eigenvalue weighted by molar-refractivity contribution is 0.195. The molecule has 5 heterocycles. The normalized spacial score (nSPS) is 25.1. The van der Waals surface area contributed by atoms with Gasteiger partial charge in [0, 0.05) is 55.6 Å². The van der Waals surface area contributed by atoms with Crippen LogP contribution in [0, 0.1) is 0 Å². The molecule has 8 aromatic rings. The van der Waals surface area contributed by atoms with Gasteiger partial charge in [0.1, 0.15) is 0 Å². The minimum absolute atomic E-state index is 0.0149. The zero-order valence-electron chi connectivity index (χ0n) is 42.4. The highest BCUT2D eigenvalue weighted by atomic mass is 15.3. The topological polar surface area (TPSA) is 11.4 Å². The summed E-state index contributed by atoms with van der Waals surface area (Å²) in [6.07, 6.45) is 9.60. The quantitative estimate of drug-likeness (QED) is 0.164.